The van der Waals surface area contributed by atoms with Crippen molar-refractivity contribution in [3.05, 3.63) is 11.9 Å². The zero-order valence-electron chi connectivity index (χ0n) is 7.28. The maximum Gasteiger partial charge on any atom is 0.408 e. The molecule has 5 nitrogen and oxygen atoms in total. The highest BCUT2D eigenvalue weighted by Crippen LogP contribution is 2.18. The average molecular weight is 245 g/mol. The van der Waals surface area contributed by atoms with Gasteiger partial charge in [-0.1, -0.05) is 0 Å². The number of anilines is 1. The maximum absolute atomic E-state index is 11.9. The van der Waals surface area contributed by atoms with Gasteiger partial charge in [-0.05, 0) is 0 Å². The minimum Gasteiger partial charge on any atom is -0.396 e. The van der Waals surface area contributed by atoms with Gasteiger partial charge in [0.05, 0.1) is 5.69 Å². The van der Waals surface area contributed by atoms with Crippen LogP contribution in [0.1, 0.15) is 10.5 Å². The van der Waals surface area contributed by atoms with Gasteiger partial charge in [0.25, 0.3) is 5.91 Å². The highest BCUT2D eigenvalue weighted by Gasteiger charge is 2.29. The number of halogens is 4. The summed E-state index contributed by atoms with van der Waals surface area (Å²) in [6.45, 7) is -1.30. The molecule has 1 amide bonds. The molecule has 4 N–H and O–H groups in total. The van der Waals surface area contributed by atoms with Crippen LogP contribution in [-0.4, -0.2) is 21.9 Å². The molecule has 0 bridgehead atoms. The molecule has 15 heavy (non-hydrogen) atoms. The van der Waals surface area contributed by atoms with E-state index in [4.69, 9.17) is 11.5 Å². The summed E-state index contributed by atoms with van der Waals surface area (Å²) in [5.74, 6) is -0.955. The standard InChI is InChI=1S/C6H7F3N4O.ClH/c7-6(8,9)2-13-1-3(10)4(12-13)5(11)14;/h1H,2,10H2,(H2,11,14);1H. The first-order chi connectivity index (χ1) is 6.29. The highest BCUT2D eigenvalue weighted by atomic mass is 35.5. The Morgan fingerprint density at radius 3 is 2.40 bits per heavy atom. The first kappa shape index (κ1) is 13.6. The largest absolute Gasteiger partial charge is 0.408 e. The van der Waals surface area contributed by atoms with Crippen LogP contribution in [0.3, 0.4) is 0 Å². The van der Waals surface area contributed by atoms with Crippen molar-refractivity contribution in [3.8, 4) is 0 Å². The zero-order chi connectivity index (χ0) is 10.9. The zero-order valence-corrected chi connectivity index (χ0v) is 8.10. The quantitative estimate of drug-likeness (QED) is 0.796. The molecule has 1 aromatic heterocycles. The smallest absolute Gasteiger partial charge is 0.396 e. The Hall–Kier alpha value is -1.44. The van der Waals surface area contributed by atoms with Crippen LogP contribution >= 0.6 is 12.4 Å². The van der Waals surface area contributed by atoms with Gasteiger partial charge in [0.2, 0.25) is 0 Å². The van der Waals surface area contributed by atoms with E-state index in [2.05, 4.69) is 5.10 Å². The van der Waals surface area contributed by atoms with E-state index in [0.717, 1.165) is 6.20 Å². The Bertz CT molecular complexity index is 362. The number of rotatable bonds is 2. The molecule has 0 aromatic carbocycles. The molecule has 9 heteroatoms. The fourth-order valence-corrected chi connectivity index (χ4v) is 0.893. The van der Waals surface area contributed by atoms with Crippen LogP contribution in [0, 0.1) is 0 Å². The van der Waals surface area contributed by atoms with E-state index in [9.17, 15) is 18.0 Å². The van der Waals surface area contributed by atoms with Gasteiger partial charge < -0.3 is 11.5 Å². The summed E-state index contributed by atoms with van der Waals surface area (Å²) in [7, 11) is 0. The molecular weight excluding hydrogens is 237 g/mol. The maximum atomic E-state index is 11.9. The van der Waals surface area contributed by atoms with Gasteiger partial charge in [-0.3, -0.25) is 9.48 Å². The Morgan fingerprint density at radius 1 is 1.53 bits per heavy atom. The number of nitrogens with two attached hydrogens (primary N) is 2. The topological polar surface area (TPSA) is 86.9 Å². The van der Waals surface area contributed by atoms with Crippen molar-refractivity contribution >= 4 is 24.0 Å². The summed E-state index contributed by atoms with van der Waals surface area (Å²) in [5.41, 5.74) is 9.51. The molecule has 1 heterocycles. The van der Waals surface area contributed by atoms with Gasteiger partial charge in [0.15, 0.2) is 5.69 Å². The highest BCUT2D eigenvalue weighted by molar-refractivity contribution is 5.95. The van der Waals surface area contributed by atoms with E-state index < -0.39 is 18.6 Å². The number of hydrogen-bond donors (Lipinski definition) is 2. The second-order valence-corrected chi connectivity index (χ2v) is 2.61. The predicted molar refractivity (Wildman–Crippen MR) is 48.5 cm³/mol. The van der Waals surface area contributed by atoms with E-state index >= 15 is 0 Å². The lowest BCUT2D eigenvalue weighted by atomic mass is 10.4. The summed E-state index contributed by atoms with van der Waals surface area (Å²) in [5, 5.41) is 3.29. The molecular formula is C6H8ClF3N4O. The molecule has 1 aromatic rings. The third-order valence-electron chi connectivity index (χ3n) is 1.36. The van der Waals surface area contributed by atoms with E-state index in [-0.39, 0.29) is 23.8 Å². The first-order valence-corrected chi connectivity index (χ1v) is 3.49. The molecule has 0 fully saturated rings. The lowest BCUT2D eigenvalue weighted by Crippen LogP contribution is -2.19. The summed E-state index contributed by atoms with van der Waals surface area (Å²) >= 11 is 0. The van der Waals surface area contributed by atoms with Crippen molar-refractivity contribution in [1.82, 2.24) is 9.78 Å². The molecule has 0 aliphatic rings. The minimum atomic E-state index is -4.41. The number of amides is 1. The Morgan fingerprint density at radius 2 is 2.07 bits per heavy atom. The number of aromatic nitrogens is 2. The lowest BCUT2D eigenvalue weighted by molar-refractivity contribution is -0.142. The number of alkyl halides is 3. The third kappa shape index (κ3) is 3.66. The number of nitrogens with zero attached hydrogens (tertiary/aromatic N) is 2. The van der Waals surface area contributed by atoms with Crippen LogP contribution in [0.2, 0.25) is 0 Å². The Kier molecular flexibility index (Phi) is 3.97. The summed E-state index contributed by atoms with van der Waals surface area (Å²) in [6.07, 6.45) is -3.50. The number of carbonyl (C=O) groups is 1. The molecule has 1 rings (SSSR count). The molecule has 0 atom stereocenters. The van der Waals surface area contributed by atoms with Gasteiger partial charge in [0, 0.05) is 6.20 Å². The molecule has 0 unspecified atom stereocenters. The number of primary amides is 1. The SMILES string of the molecule is Cl.NC(=O)c1nn(CC(F)(F)F)cc1N. The lowest BCUT2D eigenvalue weighted by Gasteiger charge is -2.04. The van der Waals surface area contributed by atoms with Crippen molar-refractivity contribution in [1.29, 1.82) is 0 Å². The van der Waals surface area contributed by atoms with E-state index in [1.165, 1.54) is 0 Å². The summed E-state index contributed by atoms with van der Waals surface area (Å²) in [4.78, 5) is 10.6. The van der Waals surface area contributed by atoms with E-state index in [1.54, 1.807) is 0 Å². The van der Waals surface area contributed by atoms with Crippen LogP contribution in [-0.2, 0) is 6.54 Å². The second kappa shape index (κ2) is 4.39. The van der Waals surface area contributed by atoms with Crippen molar-refractivity contribution in [2.75, 3.05) is 5.73 Å². The van der Waals surface area contributed by atoms with E-state index in [0.29, 0.717) is 4.68 Å². The molecule has 0 aliphatic carbocycles. The van der Waals surface area contributed by atoms with Crippen molar-refractivity contribution in [2.24, 2.45) is 5.73 Å². The van der Waals surface area contributed by atoms with Crippen LogP contribution in [0.5, 0.6) is 0 Å². The molecule has 0 saturated heterocycles. The van der Waals surface area contributed by atoms with Gasteiger partial charge >= 0.3 is 6.18 Å². The fourth-order valence-electron chi connectivity index (χ4n) is 0.893. The molecule has 0 radical (unpaired) electrons. The van der Waals surface area contributed by atoms with Gasteiger partial charge in [0.1, 0.15) is 6.54 Å². The van der Waals surface area contributed by atoms with Crippen molar-refractivity contribution < 1.29 is 18.0 Å². The average Bonchev–Trinajstić information content (AvgIpc) is 2.26. The fraction of sp³-hybridized carbons (Fsp3) is 0.333. The van der Waals surface area contributed by atoms with Crippen molar-refractivity contribution in [2.45, 2.75) is 12.7 Å². The van der Waals surface area contributed by atoms with Gasteiger partial charge in [-0.25, -0.2) is 0 Å². The van der Waals surface area contributed by atoms with Crippen LogP contribution < -0.4 is 11.5 Å². The molecule has 86 valence electrons. The third-order valence-corrected chi connectivity index (χ3v) is 1.36. The first-order valence-electron chi connectivity index (χ1n) is 3.49. The minimum absolute atomic E-state index is 0. The Labute approximate surface area is 88.6 Å². The Balaban J connectivity index is 0.00000196. The monoisotopic (exact) mass is 244 g/mol. The van der Waals surface area contributed by atoms with Crippen LogP contribution in [0.25, 0.3) is 0 Å². The number of hydrogen-bond acceptors (Lipinski definition) is 3. The molecule has 0 aliphatic heterocycles. The molecule has 0 saturated carbocycles. The van der Waals surface area contributed by atoms with E-state index in [1.807, 2.05) is 0 Å². The van der Waals surface area contributed by atoms with Crippen LogP contribution in [0.4, 0.5) is 18.9 Å². The van der Waals surface area contributed by atoms with Gasteiger partial charge in [-0.15, -0.1) is 12.4 Å². The predicted octanol–water partition coefficient (Wildman–Crippen LogP) is 0.548. The summed E-state index contributed by atoms with van der Waals surface area (Å²) in [6, 6.07) is 0. The van der Waals surface area contributed by atoms with Gasteiger partial charge in [-0.2, -0.15) is 18.3 Å². The normalized spacial score (nSPS) is 10.9. The second-order valence-electron chi connectivity index (χ2n) is 2.61. The number of nitrogen functional groups attached to an aromatic ring is 1. The van der Waals surface area contributed by atoms with Crippen LogP contribution in [0.15, 0.2) is 6.20 Å². The van der Waals surface area contributed by atoms with Crippen molar-refractivity contribution in [3.63, 3.8) is 0 Å². The molecule has 0 spiro atoms. The number of carbonyl (C=O) groups excluding carboxylic acids is 1. The summed E-state index contributed by atoms with van der Waals surface area (Å²) < 4.78 is 36.1.